The molecule has 0 fully saturated rings. The molecule has 19 heavy (non-hydrogen) atoms. The van der Waals surface area contributed by atoms with Crippen molar-refractivity contribution in [3.05, 3.63) is 29.8 Å². The first-order valence-electron chi connectivity index (χ1n) is 6.04. The molecule has 106 valence electrons. The molecule has 1 rings (SSSR count). The Hall–Kier alpha value is -1.56. The van der Waals surface area contributed by atoms with Crippen LogP contribution in [0.4, 0.5) is 5.69 Å². The quantitative estimate of drug-likeness (QED) is 0.886. The van der Waals surface area contributed by atoms with Crippen LogP contribution in [-0.2, 0) is 14.8 Å². The van der Waals surface area contributed by atoms with Crippen molar-refractivity contribution in [2.24, 2.45) is 0 Å². The average Bonchev–Trinajstić information content (AvgIpc) is 2.25. The third kappa shape index (κ3) is 4.90. The van der Waals surface area contributed by atoms with E-state index in [1.807, 2.05) is 32.9 Å². The summed E-state index contributed by atoms with van der Waals surface area (Å²) in [6.45, 7) is 5.36. The van der Waals surface area contributed by atoms with Gasteiger partial charge in [0.25, 0.3) is 0 Å². The van der Waals surface area contributed by atoms with Crippen LogP contribution in [0.3, 0.4) is 0 Å². The predicted molar refractivity (Wildman–Crippen MR) is 76.6 cm³/mol. The summed E-state index contributed by atoms with van der Waals surface area (Å²) >= 11 is 0. The molecule has 0 aromatic heterocycles. The van der Waals surface area contributed by atoms with Crippen LogP contribution in [-0.4, -0.2) is 33.2 Å². The average molecular weight is 284 g/mol. The van der Waals surface area contributed by atoms with Crippen molar-refractivity contribution in [2.75, 3.05) is 17.1 Å². The maximum atomic E-state index is 11.8. The minimum atomic E-state index is -3.49. The number of nitrogens with one attached hydrogen (secondary N) is 1. The van der Waals surface area contributed by atoms with Crippen LogP contribution in [0.2, 0.25) is 0 Å². The summed E-state index contributed by atoms with van der Waals surface area (Å²) in [4.78, 5) is 11.7. The highest BCUT2D eigenvalue weighted by Gasteiger charge is 2.20. The molecule has 6 heteroatoms. The zero-order valence-corrected chi connectivity index (χ0v) is 12.5. The lowest BCUT2D eigenvalue weighted by Crippen LogP contribution is -2.42. The van der Waals surface area contributed by atoms with Crippen molar-refractivity contribution in [2.45, 2.75) is 26.8 Å². The largest absolute Gasteiger partial charge is 0.352 e. The summed E-state index contributed by atoms with van der Waals surface area (Å²) in [5, 5.41) is 2.68. The minimum Gasteiger partial charge on any atom is -0.352 e. The van der Waals surface area contributed by atoms with Gasteiger partial charge in [-0.05, 0) is 32.9 Å². The molecule has 1 aromatic rings. The second-order valence-corrected chi connectivity index (χ2v) is 6.73. The van der Waals surface area contributed by atoms with Crippen LogP contribution >= 0.6 is 0 Å². The maximum Gasteiger partial charge on any atom is 0.240 e. The van der Waals surface area contributed by atoms with Crippen LogP contribution in [0.25, 0.3) is 0 Å². The van der Waals surface area contributed by atoms with Gasteiger partial charge in [-0.2, -0.15) is 0 Å². The molecule has 5 nitrogen and oxygen atoms in total. The predicted octanol–water partition coefficient (Wildman–Crippen LogP) is 1.29. The first-order valence-corrected chi connectivity index (χ1v) is 7.88. The molecule has 1 amide bonds. The van der Waals surface area contributed by atoms with Crippen molar-refractivity contribution in [3.63, 3.8) is 0 Å². The summed E-state index contributed by atoms with van der Waals surface area (Å²) in [7, 11) is -3.49. The van der Waals surface area contributed by atoms with E-state index in [1.165, 1.54) is 0 Å². The lowest BCUT2D eigenvalue weighted by molar-refractivity contribution is -0.120. The Bertz CT molecular complexity index is 536. The number of aryl methyl sites for hydroxylation is 1. The summed E-state index contributed by atoms with van der Waals surface area (Å²) in [5.74, 6) is -0.319. The SMILES string of the molecule is Cc1ccc(N(CC(=O)NC(C)C)S(C)(=O)=O)cc1. The van der Waals surface area contributed by atoms with Crippen molar-refractivity contribution >= 4 is 21.6 Å². The fourth-order valence-electron chi connectivity index (χ4n) is 1.61. The van der Waals surface area contributed by atoms with Gasteiger partial charge >= 0.3 is 0 Å². The van der Waals surface area contributed by atoms with Crippen molar-refractivity contribution in [1.82, 2.24) is 5.32 Å². The van der Waals surface area contributed by atoms with Crippen molar-refractivity contribution in [3.8, 4) is 0 Å². The van der Waals surface area contributed by atoms with E-state index >= 15 is 0 Å². The highest BCUT2D eigenvalue weighted by atomic mass is 32.2. The highest BCUT2D eigenvalue weighted by Crippen LogP contribution is 2.17. The second-order valence-electron chi connectivity index (χ2n) is 4.83. The topological polar surface area (TPSA) is 66.5 Å². The van der Waals surface area contributed by atoms with Crippen molar-refractivity contribution in [1.29, 1.82) is 0 Å². The zero-order valence-electron chi connectivity index (χ0n) is 11.7. The van der Waals surface area contributed by atoms with E-state index in [-0.39, 0.29) is 18.5 Å². The van der Waals surface area contributed by atoms with Gasteiger partial charge in [0, 0.05) is 6.04 Å². The number of sulfonamides is 1. The Morgan fingerprint density at radius 3 is 2.21 bits per heavy atom. The van der Waals surface area contributed by atoms with E-state index in [2.05, 4.69) is 5.32 Å². The highest BCUT2D eigenvalue weighted by molar-refractivity contribution is 7.92. The molecule has 0 unspecified atom stereocenters. The fraction of sp³-hybridized carbons (Fsp3) is 0.462. The number of carbonyl (C=O) groups is 1. The Kier molecular flexibility index (Phi) is 4.94. The van der Waals surface area contributed by atoms with Gasteiger partial charge in [0.2, 0.25) is 15.9 Å². The number of benzene rings is 1. The van der Waals surface area contributed by atoms with E-state index in [1.54, 1.807) is 12.1 Å². The maximum absolute atomic E-state index is 11.8. The normalized spacial score (nSPS) is 11.4. The van der Waals surface area contributed by atoms with Crippen molar-refractivity contribution < 1.29 is 13.2 Å². The lowest BCUT2D eigenvalue weighted by Gasteiger charge is -2.22. The number of rotatable bonds is 5. The number of hydrogen-bond donors (Lipinski definition) is 1. The van der Waals surface area contributed by atoms with Gasteiger partial charge in [0.15, 0.2) is 0 Å². The van der Waals surface area contributed by atoms with Crippen LogP contribution in [0.5, 0.6) is 0 Å². The summed E-state index contributed by atoms with van der Waals surface area (Å²) in [6, 6.07) is 6.99. The molecule has 0 saturated carbocycles. The Morgan fingerprint density at radius 1 is 1.26 bits per heavy atom. The lowest BCUT2D eigenvalue weighted by atomic mass is 10.2. The molecule has 0 aliphatic carbocycles. The number of amides is 1. The summed E-state index contributed by atoms with van der Waals surface area (Å²) in [5.41, 5.74) is 1.52. The third-order valence-electron chi connectivity index (χ3n) is 2.46. The van der Waals surface area contributed by atoms with Crippen LogP contribution in [0, 0.1) is 6.92 Å². The number of hydrogen-bond acceptors (Lipinski definition) is 3. The molecular weight excluding hydrogens is 264 g/mol. The molecule has 1 aromatic carbocycles. The number of carbonyl (C=O) groups excluding carboxylic acids is 1. The van der Waals surface area contributed by atoms with E-state index in [0.717, 1.165) is 16.1 Å². The van der Waals surface area contributed by atoms with Crippen LogP contribution in [0.15, 0.2) is 24.3 Å². The van der Waals surface area contributed by atoms with E-state index < -0.39 is 10.0 Å². The molecule has 0 saturated heterocycles. The number of nitrogens with zero attached hydrogens (tertiary/aromatic N) is 1. The van der Waals surface area contributed by atoms with Gasteiger partial charge in [-0.15, -0.1) is 0 Å². The smallest absolute Gasteiger partial charge is 0.240 e. The first kappa shape index (κ1) is 15.5. The molecule has 0 atom stereocenters. The monoisotopic (exact) mass is 284 g/mol. The van der Waals surface area contributed by atoms with E-state index in [9.17, 15) is 13.2 Å². The van der Waals surface area contributed by atoms with Gasteiger partial charge in [0.05, 0.1) is 11.9 Å². The third-order valence-corrected chi connectivity index (χ3v) is 3.60. The van der Waals surface area contributed by atoms with E-state index in [4.69, 9.17) is 0 Å². The van der Waals surface area contributed by atoms with E-state index in [0.29, 0.717) is 5.69 Å². The molecule has 0 aliphatic heterocycles. The van der Waals surface area contributed by atoms with Gasteiger partial charge < -0.3 is 5.32 Å². The summed E-state index contributed by atoms with van der Waals surface area (Å²) in [6.07, 6.45) is 1.09. The molecule has 0 heterocycles. The zero-order chi connectivity index (χ0) is 14.6. The van der Waals surface area contributed by atoms with Crippen LogP contribution in [0.1, 0.15) is 19.4 Å². The Morgan fingerprint density at radius 2 is 1.79 bits per heavy atom. The minimum absolute atomic E-state index is 0.0214. The standard InChI is InChI=1S/C13H20N2O3S/c1-10(2)14-13(16)9-15(19(4,17)18)12-7-5-11(3)6-8-12/h5-8,10H,9H2,1-4H3,(H,14,16). The number of anilines is 1. The first-order chi connectivity index (χ1) is 8.70. The Balaban J connectivity index is 2.97. The molecule has 0 aliphatic rings. The molecule has 1 N–H and O–H groups in total. The van der Waals surface area contributed by atoms with Gasteiger partial charge in [0.1, 0.15) is 6.54 Å². The van der Waals surface area contributed by atoms with Gasteiger partial charge in [-0.25, -0.2) is 8.42 Å². The van der Waals surface area contributed by atoms with Crippen LogP contribution < -0.4 is 9.62 Å². The molecule has 0 spiro atoms. The van der Waals surface area contributed by atoms with Gasteiger partial charge in [-0.1, -0.05) is 17.7 Å². The Labute approximate surface area is 114 Å². The fourth-order valence-corrected chi connectivity index (χ4v) is 2.47. The molecule has 0 radical (unpaired) electrons. The molecular formula is C13H20N2O3S. The van der Waals surface area contributed by atoms with Gasteiger partial charge in [-0.3, -0.25) is 9.10 Å². The second kappa shape index (κ2) is 6.06. The molecule has 0 bridgehead atoms. The summed E-state index contributed by atoms with van der Waals surface area (Å²) < 4.78 is 24.7.